The third kappa shape index (κ3) is 6.35. The van der Waals surface area contributed by atoms with Gasteiger partial charge in [-0.1, -0.05) is 48.8 Å². The molecule has 0 aromatic heterocycles. The molecule has 1 saturated heterocycles. The molecule has 1 unspecified atom stereocenters. The molecular weight excluding hydrogens is 534 g/mol. The standard InChI is InChI=1S/C29H36BrN3O4/c1-29(2,3)21-8-12-24(13-9-21)33-25(18-32(28(33)37)23-14-10-22(30)11-15-23)19-4-6-20(7-5-19)27(36)31-17-16-26(34)35/h4-7,10-11,14-15,21,24-25H,8-9,12-13,16-18H2,1-3H3,(H,31,36)(H,34,35). The van der Waals surface area contributed by atoms with Crippen molar-refractivity contribution < 1.29 is 19.5 Å². The van der Waals surface area contributed by atoms with Crippen LogP contribution in [0.3, 0.4) is 0 Å². The summed E-state index contributed by atoms with van der Waals surface area (Å²) in [6.45, 7) is 7.54. The maximum absolute atomic E-state index is 13.8. The van der Waals surface area contributed by atoms with E-state index in [1.807, 2.05) is 41.3 Å². The van der Waals surface area contributed by atoms with Crippen molar-refractivity contribution in [1.82, 2.24) is 10.2 Å². The summed E-state index contributed by atoms with van der Waals surface area (Å²) in [6, 6.07) is 15.3. The molecule has 0 radical (unpaired) electrons. The second-order valence-corrected chi connectivity index (χ2v) is 12.1. The highest BCUT2D eigenvalue weighted by atomic mass is 79.9. The summed E-state index contributed by atoms with van der Waals surface area (Å²) in [7, 11) is 0. The van der Waals surface area contributed by atoms with Crippen molar-refractivity contribution in [2.24, 2.45) is 11.3 Å². The summed E-state index contributed by atoms with van der Waals surface area (Å²) in [6.07, 6.45) is 4.08. The first-order chi connectivity index (χ1) is 17.5. The summed E-state index contributed by atoms with van der Waals surface area (Å²) in [4.78, 5) is 40.9. The van der Waals surface area contributed by atoms with Crippen LogP contribution in [-0.4, -0.2) is 47.0 Å². The number of urea groups is 1. The number of hydrogen-bond donors (Lipinski definition) is 2. The van der Waals surface area contributed by atoms with Gasteiger partial charge in [-0.2, -0.15) is 0 Å². The quantitative estimate of drug-likeness (QED) is 0.412. The lowest BCUT2D eigenvalue weighted by molar-refractivity contribution is -0.136. The Kier molecular flexibility index (Phi) is 8.26. The van der Waals surface area contributed by atoms with E-state index in [1.54, 1.807) is 12.1 Å². The van der Waals surface area contributed by atoms with Gasteiger partial charge in [0.25, 0.3) is 5.91 Å². The minimum atomic E-state index is -0.950. The first kappa shape index (κ1) is 27.2. The largest absolute Gasteiger partial charge is 0.481 e. The van der Waals surface area contributed by atoms with Gasteiger partial charge in [0.2, 0.25) is 0 Å². The van der Waals surface area contributed by atoms with Crippen molar-refractivity contribution in [3.05, 3.63) is 64.1 Å². The number of halogens is 1. The molecule has 0 spiro atoms. The number of nitrogens with one attached hydrogen (secondary N) is 1. The Morgan fingerprint density at radius 1 is 1.00 bits per heavy atom. The van der Waals surface area contributed by atoms with Gasteiger partial charge in [0.15, 0.2) is 0 Å². The molecule has 8 heteroatoms. The van der Waals surface area contributed by atoms with Gasteiger partial charge in [-0.3, -0.25) is 14.5 Å². The molecule has 37 heavy (non-hydrogen) atoms. The fraction of sp³-hybridized carbons (Fsp3) is 0.483. The van der Waals surface area contributed by atoms with Gasteiger partial charge in [-0.15, -0.1) is 0 Å². The van der Waals surface area contributed by atoms with Gasteiger partial charge in [0.1, 0.15) is 0 Å². The first-order valence-corrected chi connectivity index (χ1v) is 13.8. The van der Waals surface area contributed by atoms with Crippen molar-refractivity contribution in [1.29, 1.82) is 0 Å². The van der Waals surface area contributed by atoms with Crippen molar-refractivity contribution >= 4 is 39.5 Å². The Balaban J connectivity index is 1.55. The molecule has 2 aromatic carbocycles. The number of benzene rings is 2. The normalized spacial score (nSPS) is 22.3. The van der Waals surface area contributed by atoms with Gasteiger partial charge in [0, 0.05) is 28.3 Å². The predicted octanol–water partition coefficient (Wildman–Crippen LogP) is 6.24. The predicted molar refractivity (Wildman–Crippen MR) is 148 cm³/mol. The van der Waals surface area contributed by atoms with Gasteiger partial charge < -0.3 is 15.3 Å². The van der Waals surface area contributed by atoms with E-state index in [2.05, 4.69) is 46.9 Å². The maximum atomic E-state index is 13.8. The van der Waals surface area contributed by atoms with Gasteiger partial charge in [0.05, 0.1) is 19.0 Å². The van der Waals surface area contributed by atoms with E-state index in [0.29, 0.717) is 18.0 Å². The van der Waals surface area contributed by atoms with E-state index >= 15 is 0 Å². The zero-order valence-corrected chi connectivity index (χ0v) is 23.3. The summed E-state index contributed by atoms with van der Waals surface area (Å²) >= 11 is 3.48. The van der Waals surface area contributed by atoms with Gasteiger partial charge >= 0.3 is 12.0 Å². The zero-order valence-electron chi connectivity index (χ0n) is 21.7. The van der Waals surface area contributed by atoms with Crippen molar-refractivity contribution in [3.63, 3.8) is 0 Å². The average Bonchev–Trinajstić information content (AvgIpc) is 3.20. The number of carbonyl (C=O) groups is 3. The van der Waals surface area contributed by atoms with Crippen LogP contribution in [0.5, 0.6) is 0 Å². The third-order valence-electron chi connectivity index (χ3n) is 7.78. The first-order valence-electron chi connectivity index (χ1n) is 13.0. The lowest BCUT2D eigenvalue weighted by Gasteiger charge is -2.41. The lowest BCUT2D eigenvalue weighted by atomic mass is 9.71. The van der Waals surface area contributed by atoms with Crippen LogP contribution in [0, 0.1) is 11.3 Å². The van der Waals surface area contributed by atoms with Crippen LogP contribution in [0.4, 0.5) is 10.5 Å². The number of carboxylic acid groups (broad SMARTS) is 1. The molecule has 2 aromatic rings. The van der Waals surface area contributed by atoms with E-state index in [1.165, 1.54) is 0 Å². The molecule has 4 rings (SSSR count). The number of anilines is 1. The van der Waals surface area contributed by atoms with E-state index < -0.39 is 5.97 Å². The molecule has 1 saturated carbocycles. The Hall–Kier alpha value is -2.87. The van der Waals surface area contributed by atoms with Crippen molar-refractivity contribution in [2.75, 3.05) is 18.0 Å². The SMILES string of the molecule is CC(C)(C)C1CCC(N2C(=O)N(c3ccc(Br)cc3)CC2c2ccc(C(=O)NCCC(=O)O)cc2)CC1. The number of aliphatic carboxylic acids is 1. The van der Waals surface area contributed by atoms with Crippen LogP contribution in [0.2, 0.25) is 0 Å². The third-order valence-corrected chi connectivity index (χ3v) is 8.31. The molecular formula is C29H36BrN3O4. The topological polar surface area (TPSA) is 90.0 Å². The Labute approximate surface area is 227 Å². The molecule has 0 bridgehead atoms. The monoisotopic (exact) mass is 569 g/mol. The molecule has 2 fully saturated rings. The van der Waals surface area contributed by atoms with Crippen molar-refractivity contribution in [2.45, 2.75) is 65.0 Å². The second kappa shape index (κ2) is 11.3. The summed E-state index contributed by atoms with van der Waals surface area (Å²) in [5.41, 5.74) is 2.61. The molecule has 2 N–H and O–H groups in total. The van der Waals surface area contributed by atoms with Gasteiger partial charge in [-0.25, -0.2) is 4.79 Å². The van der Waals surface area contributed by atoms with E-state index in [-0.39, 0.29) is 42.4 Å². The number of amides is 3. The molecule has 1 atom stereocenters. The van der Waals surface area contributed by atoms with E-state index in [0.717, 1.165) is 41.4 Å². The molecule has 3 amide bonds. The smallest absolute Gasteiger partial charge is 0.325 e. The zero-order chi connectivity index (χ0) is 26.7. The second-order valence-electron chi connectivity index (χ2n) is 11.2. The molecule has 198 valence electrons. The number of nitrogens with zero attached hydrogens (tertiary/aromatic N) is 2. The van der Waals surface area contributed by atoms with E-state index in [4.69, 9.17) is 5.11 Å². The Morgan fingerprint density at radius 2 is 1.62 bits per heavy atom. The molecule has 1 heterocycles. The number of hydrogen-bond acceptors (Lipinski definition) is 3. The fourth-order valence-corrected chi connectivity index (χ4v) is 5.85. The van der Waals surface area contributed by atoms with Crippen LogP contribution < -0.4 is 10.2 Å². The van der Waals surface area contributed by atoms with Crippen LogP contribution in [0.25, 0.3) is 0 Å². The molecule has 1 aliphatic heterocycles. The van der Waals surface area contributed by atoms with Crippen LogP contribution in [0.1, 0.15) is 74.8 Å². The highest BCUT2D eigenvalue weighted by Crippen LogP contribution is 2.43. The Bertz CT molecular complexity index is 1120. The lowest BCUT2D eigenvalue weighted by Crippen LogP contribution is -2.43. The summed E-state index contributed by atoms with van der Waals surface area (Å²) in [5.74, 6) is -0.598. The minimum Gasteiger partial charge on any atom is -0.481 e. The highest BCUT2D eigenvalue weighted by Gasteiger charge is 2.44. The highest BCUT2D eigenvalue weighted by molar-refractivity contribution is 9.10. The fourth-order valence-electron chi connectivity index (χ4n) is 5.59. The number of carbonyl (C=O) groups excluding carboxylic acids is 2. The molecule has 2 aliphatic rings. The van der Waals surface area contributed by atoms with Gasteiger partial charge in [-0.05, 0) is 79.0 Å². The number of rotatable bonds is 7. The summed E-state index contributed by atoms with van der Waals surface area (Å²) < 4.78 is 0.967. The molecule has 7 nitrogen and oxygen atoms in total. The maximum Gasteiger partial charge on any atom is 0.325 e. The van der Waals surface area contributed by atoms with E-state index in [9.17, 15) is 14.4 Å². The van der Waals surface area contributed by atoms with Crippen LogP contribution in [-0.2, 0) is 4.79 Å². The average molecular weight is 571 g/mol. The van der Waals surface area contributed by atoms with Crippen molar-refractivity contribution in [3.8, 4) is 0 Å². The van der Waals surface area contributed by atoms with Crippen LogP contribution in [0.15, 0.2) is 53.0 Å². The Morgan fingerprint density at radius 3 is 2.19 bits per heavy atom. The minimum absolute atomic E-state index is 0.0296. The van der Waals surface area contributed by atoms with Crippen LogP contribution >= 0.6 is 15.9 Å². The molecule has 1 aliphatic carbocycles. The number of carboxylic acids is 1. The summed E-state index contributed by atoms with van der Waals surface area (Å²) in [5, 5.41) is 11.4.